The molecule has 186 valence electrons. The molecule has 2 aromatic rings. The molecule has 0 unspecified atom stereocenters. The zero-order valence-electron chi connectivity index (χ0n) is 19.9. The van der Waals surface area contributed by atoms with Crippen LogP contribution < -0.4 is 21.3 Å². The topological polar surface area (TPSA) is 108 Å². The molecule has 0 bridgehead atoms. The number of rotatable bonds is 5. The average molecular weight is 482 g/mol. The standard InChI is InChI=1S/C26H32FN5O3/c1-17(33)29-23-16-18(25(34)30-22-8-6-21(28)7-9-22)5-10-24(23)31-11-13-32(14-12-31)26(35)19-3-2-4-20(27)15-19/h2-5,10,15-16,21-22H,6-9,11-14,28H2,1H3,(H,29,33)(H,30,34). The van der Waals surface area contributed by atoms with Crippen LogP contribution in [0.2, 0.25) is 0 Å². The molecule has 1 aliphatic heterocycles. The molecule has 1 saturated heterocycles. The van der Waals surface area contributed by atoms with Crippen LogP contribution in [0.4, 0.5) is 15.8 Å². The van der Waals surface area contributed by atoms with E-state index >= 15 is 0 Å². The van der Waals surface area contributed by atoms with Gasteiger partial charge in [-0.2, -0.15) is 0 Å². The number of hydrogen-bond donors (Lipinski definition) is 3. The highest BCUT2D eigenvalue weighted by Gasteiger charge is 2.25. The van der Waals surface area contributed by atoms with Crippen molar-refractivity contribution in [3.63, 3.8) is 0 Å². The molecule has 1 aliphatic carbocycles. The summed E-state index contributed by atoms with van der Waals surface area (Å²) in [6.45, 7) is 3.43. The van der Waals surface area contributed by atoms with Gasteiger partial charge < -0.3 is 26.2 Å². The first-order chi connectivity index (χ1) is 16.8. The molecule has 0 atom stereocenters. The third kappa shape index (κ3) is 6.16. The number of halogens is 1. The van der Waals surface area contributed by atoms with Crippen molar-refractivity contribution in [1.29, 1.82) is 0 Å². The van der Waals surface area contributed by atoms with E-state index in [9.17, 15) is 18.8 Å². The molecule has 2 aromatic carbocycles. The summed E-state index contributed by atoms with van der Waals surface area (Å²) in [5.41, 5.74) is 8.11. The molecule has 4 rings (SSSR count). The van der Waals surface area contributed by atoms with Crippen molar-refractivity contribution in [2.24, 2.45) is 5.73 Å². The lowest BCUT2D eigenvalue weighted by Gasteiger charge is -2.37. The highest BCUT2D eigenvalue weighted by molar-refractivity contribution is 5.99. The Morgan fingerprint density at radius 3 is 2.31 bits per heavy atom. The molecule has 9 heteroatoms. The average Bonchev–Trinajstić information content (AvgIpc) is 2.85. The summed E-state index contributed by atoms with van der Waals surface area (Å²) < 4.78 is 13.5. The van der Waals surface area contributed by atoms with E-state index in [1.807, 2.05) is 6.07 Å². The fourth-order valence-corrected chi connectivity index (χ4v) is 4.73. The zero-order valence-corrected chi connectivity index (χ0v) is 19.9. The summed E-state index contributed by atoms with van der Waals surface area (Å²) in [5.74, 6) is -1.05. The smallest absolute Gasteiger partial charge is 0.254 e. The van der Waals surface area contributed by atoms with E-state index in [-0.39, 0.29) is 29.8 Å². The molecule has 1 heterocycles. The van der Waals surface area contributed by atoms with Crippen molar-refractivity contribution in [3.8, 4) is 0 Å². The minimum atomic E-state index is -0.439. The number of nitrogens with one attached hydrogen (secondary N) is 2. The summed E-state index contributed by atoms with van der Waals surface area (Å²) >= 11 is 0. The lowest BCUT2D eigenvalue weighted by molar-refractivity contribution is -0.114. The van der Waals surface area contributed by atoms with Crippen molar-refractivity contribution in [2.45, 2.75) is 44.7 Å². The van der Waals surface area contributed by atoms with E-state index in [0.717, 1.165) is 31.4 Å². The first-order valence-corrected chi connectivity index (χ1v) is 12.1. The van der Waals surface area contributed by atoms with Crippen LogP contribution in [-0.2, 0) is 4.79 Å². The van der Waals surface area contributed by atoms with Crippen LogP contribution in [0, 0.1) is 5.82 Å². The Kier molecular flexibility index (Phi) is 7.65. The molecule has 4 N–H and O–H groups in total. The van der Waals surface area contributed by atoms with Crippen molar-refractivity contribution in [2.75, 3.05) is 36.4 Å². The minimum absolute atomic E-state index is 0.106. The molecule has 1 saturated carbocycles. The number of anilines is 2. The normalized spacial score (nSPS) is 20.3. The monoisotopic (exact) mass is 481 g/mol. The van der Waals surface area contributed by atoms with E-state index in [1.165, 1.54) is 25.1 Å². The van der Waals surface area contributed by atoms with Crippen LogP contribution in [0.3, 0.4) is 0 Å². The van der Waals surface area contributed by atoms with E-state index in [0.29, 0.717) is 43.0 Å². The molecule has 35 heavy (non-hydrogen) atoms. The van der Waals surface area contributed by atoms with Gasteiger partial charge in [-0.3, -0.25) is 14.4 Å². The van der Waals surface area contributed by atoms with Crippen molar-refractivity contribution in [1.82, 2.24) is 10.2 Å². The second-order valence-electron chi connectivity index (χ2n) is 9.29. The molecular weight excluding hydrogens is 449 g/mol. The summed E-state index contributed by atoms with van der Waals surface area (Å²) in [4.78, 5) is 41.2. The number of amides is 3. The van der Waals surface area contributed by atoms with Gasteiger partial charge in [0.25, 0.3) is 11.8 Å². The fourth-order valence-electron chi connectivity index (χ4n) is 4.73. The molecule has 2 fully saturated rings. The second-order valence-corrected chi connectivity index (χ2v) is 9.29. The van der Waals surface area contributed by atoms with Gasteiger partial charge in [0.15, 0.2) is 0 Å². The Labute approximate surface area is 204 Å². The summed E-state index contributed by atoms with van der Waals surface area (Å²) in [6, 6.07) is 11.3. The van der Waals surface area contributed by atoms with E-state index in [1.54, 1.807) is 23.1 Å². The van der Waals surface area contributed by atoms with Crippen molar-refractivity contribution >= 4 is 29.1 Å². The minimum Gasteiger partial charge on any atom is -0.366 e. The third-order valence-electron chi connectivity index (χ3n) is 6.66. The molecule has 0 spiro atoms. The van der Waals surface area contributed by atoms with Crippen LogP contribution in [0.25, 0.3) is 0 Å². The van der Waals surface area contributed by atoms with Gasteiger partial charge in [0.05, 0.1) is 11.4 Å². The Hall–Kier alpha value is -3.46. The predicted octanol–water partition coefficient (Wildman–Crippen LogP) is 2.75. The van der Waals surface area contributed by atoms with E-state index in [2.05, 4.69) is 15.5 Å². The fraction of sp³-hybridized carbons (Fsp3) is 0.423. The largest absolute Gasteiger partial charge is 0.366 e. The number of piperazine rings is 1. The van der Waals surface area contributed by atoms with Gasteiger partial charge >= 0.3 is 0 Å². The lowest BCUT2D eigenvalue weighted by atomic mass is 9.91. The molecule has 0 radical (unpaired) electrons. The summed E-state index contributed by atoms with van der Waals surface area (Å²) in [7, 11) is 0. The van der Waals surface area contributed by atoms with Gasteiger partial charge in [-0.25, -0.2) is 4.39 Å². The molecular formula is C26H32FN5O3. The Morgan fingerprint density at radius 1 is 0.943 bits per heavy atom. The highest BCUT2D eigenvalue weighted by Crippen LogP contribution is 2.29. The third-order valence-corrected chi connectivity index (χ3v) is 6.66. The SMILES string of the molecule is CC(=O)Nc1cc(C(=O)NC2CCC(N)CC2)ccc1N1CCN(C(=O)c2cccc(F)c2)CC1. The number of hydrogen-bond acceptors (Lipinski definition) is 5. The number of carbonyl (C=O) groups excluding carboxylic acids is 3. The molecule has 2 aliphatic rings. The van der Waals surface area contributed by atoms with Gasteiger partial charge in [0.2, 0.25) is 5.91 Å². The van der Waals surface area contributed by atoms with Gasteiger partial charge in [0.1, 0.15) is 5.82 Å². The maximum atomic E-state index is 13.5. The first-order valence-electron chi connectivity index (χ1n) is 12.1. The molecule has 8 nitrogen and oxygen atoms in total. The number of carbonyl (C=O) groups is 3. The van der Waals surface area contributed by atoms with Crippen LogP contribution in [0.5, 0.6) is 0 Å². The molecule has 0 aromatic heterocycles. The number of nitrogens with zero attached hydrogens (tertiary/aromatic N) is 2. The summed E-state index contributed by atoms with van der Waals surface area (Å²) in [5, 5.41) is 5.92. The lowest BCUT2D eigenvalue weighted by Crippen LogP contribution is -2.49. The van der Waals surface area contributed by atoms with Gasteiger partial charge in [-0.15, -0.1) is 0 Å². The van der Waals surface area contributed by atoms with Crippen LogP contribution >= 0.6 is 0 Å². The number of benzene rings is 2. The summed E-state index contributed by atoms with van der Waals surface area (Å²) in [6.07, 6.45) is 3.52. The zero-order chi connectivity index (χ0) is 24.9. The highest BCUT2D eigenvalue weighted by atomic mass is 19.1. The first kappa shape index (κ1) is 24.7. The molecule has 3 amide bonds. The number of nitrogens with two attached hydrogens (primary N) is 1. The van der Waals surface area contributed by atoms with Gasteiger partial charge in [-0.05, 0) is 62.1 Å². The predicted molar refractivity (Wildman–Crippen MR) is 133 cm³/mol. The maximum absolute atomic E-state index is 13.5. The van der Waals surface area contributed by atoms with Crippen LogP contribution in [0.1, 0.15) is 53.3 Å². The Morgan fingerprint density at radius 2 is 1.66 bits per heavy atom. The van der Waals surface area contributed by atoms with E-state index in [4.69, 9.17) is 5.73 Å². The van der Waals surface area contributed by atoms with Crippen LogP contribution in [0.15, 0.2) is 42.5 Å². The Bertz CT molecular complexity index is 1090. The van der Waals surface area contributed by atoms with Gasteiger partial charge in [0, 0.05) is 56.3 Å². The van der Waals surface area contributed by atoms with Crippen molar-refractivity contribution in [3.05, 3.63) is 59.4 Å². The quantitative estimate of drug-likeness (QED) is 0.609. The second kappa shape index (κ2) is 10.9. The van der Waals surface area contributed by atoms with Gasteiger partial charge in [-0.1, -0.05) is 6.07 Å². The van der Waals surface area contributed by atoms with Crippen molar-refractivity contribution < 1.29 is 18.8 Å². The van der Waals surface area contributed by atoms with Crippen LogP contribution in [-0.4, -0.2) is 60.9 Å². The van der Waals surface area contributed by atoms with E-state index < -0.39 is 5.82 Å². The maximum Gasteiger partial charge on any atom is 0.254 e. The Balaban J connectivity index is 1.44.